The molecule has 2 N–H and O–H groups in total. The Kier molecular flexibility index (Phi) is 4.56. The highest BCUT2D eigenvalue weighted by Crippen LogP contribution is 2.23. The largest absolute Gasteiger partial charge is 0.480 e. The maximum absolute atomic E-state index is 12.1. The third-order valence-electron chi connectivity index (χ3n) is 2.85. The molecule has 1 fully saturated rings. The second-order valence-corrected chi connectivity index (χ2v) is 6.38. The molecule has 1 atom stereocenters. The molecule has 0 saturated carbocycles. The number of thioether (sulfide) groups is 1. The van der Waals surface area contributed by atoms with E-state index in [-0.39, 0.29) is 6.03 Å². The van der Waals surface area contributed by atoms with Gasteiger partial charge in [-0.2, -0.15) is 0 Å². The van der Waals surface area contributed by atoms with Crippen molar-refractivity contribution < 1.29 is 14.7 Å². The zero-order chi connectivity index (χ0) is 14.0. The van der Waals surface area contributed by atoms with Gasteiger partial charge in [0.25, 0.3) is 0 Å². The summed E-state index contributed by atoms with van der Waals surface area (Å²) in [7, 11) is 0. The Labute approximate surface area is 128 Å². The molecule has 0 spiro atoms. The number of carboxylic acid groups (broad SMARTS) is 1. The van der Waals surface area contributed by atoms with Crippen LogP contribution in [0.4, 0.5) is 10.5 Å². The van der Waals surface area contributed by atoms with Gasteiger partial charge in [0.05, 0.1) is 5.88 Å². The van der Waals surface area contributed by atoms with Gasteiger partial charge in [0, 0.05) is 15.0 Å². The Morgan fingerprint density at radius 3 is 2.89 bits per heavy atom. The molecule has 1 saturated heterocycles. The fourth-order valence-corrected chi connectivity index (χ4v) is 3.37. The van der Waals surface area contributed by atoms with Crippen molar-refractivity contribution in [1.82, 2.24) is 4.90 Å². The molecule has 7 heteroatoms. The molecule has 102 valence electrons. The second-order valence-electron chi connectivity index (χ2n) is 4.22. The van der Waals surface area contributed by atoms with E-state index in [0.29, 0.717) is 17.3 Å². The molecule has 5 nitrogen and oxygen atoms in total. The van der Waals surface area contributed by atoms with Crippen LogP contribution in [0.2, 0.25) is 0 Å². The fraction of sp³-hybridized carbons (Fsp3) is 0.333. The number of aliphatic carboxylic acids is 1. The molecule has 1 aliphatic heterocycles. The molecule has 19 heavy (non-hydrogen) atoms. The van der Waals surface area contributed by atoms with E-state index in [9.17, 15) is 9.59 Å². The quantitative estimate of drug-likeness (QED) is 0.760. The number of hydrogen-bond donors (Lipinski definition) is 2. The van der Waals surface area contributed by atoms with E-state index in [0.717, 1.165) is 9.13 Å². The average Bonchev–Trinajstić information content (AvgIpc) is 2.83. The summed E-state index contributed by atoms with van der Waals surface area (Å²) >= 11 is 3.64. The van der Waals surface area contributed by atoms with Crippen LogP contribution in [0.15, 0.2) is 18.2 Å². The van der Waals surface area contributed by atoms with Crippen LogP contribution in [-0.2, 0) is 4.79 Å². The van der Waals surface area contributed by atoms with Crippen LogP contribution < -0.4 is 5.32 Å². The van der Waals surface area contributed by atoms with E-state index in [1.54, 1.807) is 0 Å². The van der Waals surface area contributed by atoms with Crippen LogP contribution in [0.25, 0.3) is 0 Å². The molecule has 0 aliphatic carbocycles. The standard InChI is InChI=1S/C12H13IN2O3S/c1-7-2-3-8(4-9(7)13)14-12(18)15-6-19-5-10(15)11(16)17/h2-4,10H,5-6H2,1H3,(H,14,18)(H,16,17). The topological polar surface area (TPSA) is 69.6 Å². The van der Waals surface area contributed by atoms with Crippen molar-refractivity contribution in [1.29, 1.82) is 0 Å². The van der Waals surface area contributed by atoms with Gasteiger partial charge in [-0.3, -0.25) is 0 Å². The molecule has 1 unspecified atom stereocenters. The van der Waals surface area contributed by atoms with E-state index in [2.05, 4.69) is 27.9 Å². The molecule has 1 aromatic carbocycles. The van der Waals surface area contributed by atoms with Crippen molar-refractivity contribution in [2.24, 2.45) is 0 Å². The molecule has 0 aromatic heterocycles. The van der Waals surface area contributed by atoms with Crippen LogP contribution >= 0.6 is 34.4 Å². The number of nitrogens with one attached hydrogen (secondary N) is 1. The van der Waals surface area contributed by atoms with Gasteiger partial charge < -0.3 is 15.3 Å². The van der Waals surface area contributed by atoms with E-state index in [1.165, 1.54) is 16.7 Å². The lowest BCUT2D eigenvalue weighted by Crippen LogP contribution is -2.43. The van der Waals surface area contributed by atoms with Crippen molar-refractivity contribution in [3.63, 3.8) is 0 Å². The molecule has 2 amide bonds. The Morgan fingerprint density at radius 1 is 1.53 bits per heavy atom. The Morgan fingerprint density at radius 2 is 2.26 bits per heavy atom. The maximum atomic E-state index is 12.1. The van der Waals surface area contributed by atoms with Crippen molar-refractivity contribution in [2.75, 3.05) is 16.9 Å². The van der Waals surface area contributed by atoms with E-state index >= 15 is 0 Å². The summed E-state index contributed by atoms with van der Waals surface area (Å²) in [6, 6.07) is 4.50. The van der Waals surface area contributed by atoms with Gasteiger partial charge in [0.15, 0.2) is 0 Å². The van der Waals surface area contributed by atoms with Crippen molar-refractivity contribution in [3.05, 3.63) is 27.3 Å². The number of benzene rings is 1. The van der Waals surface area contributed by atoms with E-state index in [4.69, 9.17) is 5.11 Å². The minimum Gasteiger partial charge on any atom is -0.480 e. The summed E-state index contributed by atoms with van der Waals surface area (Å²) in [6.07, 6.45) is 0. The van der Waals surface area contributed by atoms with Crippen molar-refractivity contribution in [2.45, 2.75) is 13.0 Å². The third-order valence-corrected chi connectivity index (χ3v) is 5.03. The van der Waals surface area contributed by atoms with Gasteiger partial charge in [-0.05, 0) is 47.2 Å². The van der Waals surface area contributed by atoms with Gasteiger partial charge in [-0.1, -0.05) is 6.07 Å². The highest BCUT2D eigenvalue weighted by atomic mass is 127. The fourth-order valence-electron chi connectivity index (χ4n) is 1.71. The van der Waals surface area contributed by atoms with Gasteiger partial charge in [0.1, 0.15) is 6.04 Å². The number of aryl methyl sites for hydroxylation is 1. The lowest BCUT2D eigenvalue weighted by atomic mass is 10.2. The zero-order valence-corrected chi connectivity index (χ0v) is 13.2. The predicted molar refractivity (Wildman–Crippen MR) is 83.5 cm³/mol. The second kappa shape index (κ2) is 6.00. The number of carbonyl (C=O) groups is 2. The van der Waals surface area contributed by atoms with Gasteiger partial charge in [0.2, 0.25) is 0 Å². The zero-order valence-electron chi connectivity index (χ0n) is 10.2. The van der Waals surface area contributed by atoms with Crippen LogP contribution in [0.3, 0.4) is 0 Å². The molecule has 0 radical (unpaired) electrons. The first-order valence-electron chi connectivity index (χ1n) is 5.63. The number of carbonyl (C=O) groups excluding carboxylic acids is 1. The van der Waals surface area contributed by atoms with Crippen LogP contribution in [0.1, 0.15) is 5.56 Å². The minimum atomic E-state index is -0.960. The number of carboxylic acids is 1. The Balaban J connectivity index is 2.08. The van der Waals surface area contributed by atoms with Gasteiger partial charge in [-0.15, -0.1) is 11.8 Å². The first-order chi connectivity index (χ1) is 8.99. The molecular weight excluding hydrogens is 379 g/mol. The van der Waals surface area contributed by atoms with Crippen LogP contribution in [-0.4, -0.2) is 39.7 Å². The summed E-state index contributed by atoms with van der Waals surface area (Å²) in [5.41, 5.74) is 1.82. The predicted octanol–water partition coefficient (Wildman–Crippen LogP) is 2.59. The molecule has 1 aliphatic rings. The number of amides is 2. The molecule has 1 heterocycles. The van der Waals surface area contributed by atoms with Crippen LogP contribution in [0.5, 0.6) is 0 Å². The maximum Gasteiger partial charge on any atom is 0.327 e. The number of hydrogen-bond acceptors (Lipinski definition) is 3. The number of anilines is 1. The number of urea groups is 1. The van der Waals surface area contributed by atoms with Crippen molar-refractivity contribution in [3.8, 4) is 0 Å². The number of halogens is 1. The first kappa shape index (κ1) is 14.4. The normalized spacial score (nSPS) is 18.4. The monoisotopic (exact) mass is 392 g/mol. The lowest BCUT2D eigenvalue weighted by Gasteiger charge is -2.21. The highest BCUT2D eigenvalue weighted by Gasteiger charge is 2.34. The molecule has 0 bridgehead atoms. The van der Waals surface area contributed by atoms with E-state index in [1.807, 2.05) is 25.1 Å². The number of rotatable bonds is 2. The molecule has 1 aromatic rings. The summed E-state index contributed by atoms with van der Waals surface area (Å²) in [6.45, 7) is 1.99. The average molecular weight is 392 g/mol. The molecular formula is C12H13IN2O3S. The SMILES string of the molecule is Cc1ccc(NC(=O)N2CSCC2C(=O)O)cc1I. The first-order valence-corrected chi connectivity index (χ1v) is 7.86. The van der Waals surface area contributed by atoms with Crippen LogP contribution in [0, 0.1) is 10.5 Å². The Hall–Kier alpha value is -0.960. The highest BCUT2D eigenvalue weighted by molar-refractivity contribution is 14.1. The Bertz CT molecular complexity index is 524. The lowest BCUT2D eigenvalue weighted by molar-refractivity contribution is -0.140. The molecule has 2 rings (SSSR count). The van der Waals surface area contributed by atoms with E-state index < -0.39 is 12.0 Å². The minimum absolute atomic E-state index is 0.364. The van der Waals surface area contributed by atoms with Gasteiger partial charge >= 0.3 is 12.0 Å². The summed E-state index contributed by atoms with van der Waals surface area (Å²) in [4.78, 5) is 24.4. The summed E-state index contributed by atoms with van der Waals surface area (Å²) in [5.74, 6) is -0.112. The summed E-state index contributed by atoms with van der Waals surface area (Å²) < 4.78 is 1.06. The van der Waals surface area contributed by atoms with Gasteiger partial charge in [-0.25, -0.2) is 9.59 Å². The smallest absolute Gasteiger partial charge is 0.327 e. The third kappa shape index (κ3) is 3.33. The van der Waals surface area contributed by atoms with Crippen molar-refractivity contribution >= 4 is 52.0 Å². The summed E-state index contributed by atoms with van der Waals surface area (Å²) in [5, 5.41) is 11.8. The number of nitrogens with zero attached hydrogens (tertiary/aromatic N) is 1.